The zero-order valence-corrected chi connectivity index (χ0v) is 22.9. The Bertz CT molecular complexity index is 945. The van der Waals surface area contributed by atoms with Crippen molar-refractivity contribution in [2.24, 2.45) is 4.99 Å². The van der Waals surface area contributed by atoms with E-state index in [1.165, 1.54) is 29.5 Å². The lowest BCUT2D eigenvalue weighted by Gasteiger charge is -2.42. The van der Waals surface area contributed by atoms with E-state index in [0.29, 0.717) is 13.1 Å². The molecular formula is C29H45N3O2. The van der Waals surface area contributed by atoms with Crippen molar-refractivity contribution in [1.29, 1.82) is 0 Å². The van der Waals surface area contributed by atoms with Crippen LogP contribution in [0.5, 0.6) is 0 Å². The van der Waals surface area contributed by atoms with Gasteiger partial charge in [-0.05, 0) is 81.6 Å². The third kappa shape index (κ3) is 6.10. The second kappa shape index (κ2) is 9.85. The number of piperazine rings is 1. The van der Waals surface area contributed by atoms with Crippen molar-refractivity contribution in [2.45, 2.75) is 97.8 Å². The fourth-order valence-corrected chi connectivity index (χ4v) is 5.01. The molecule has 1 unspecified atom stereocenters. The number of hydrogen-bond donors (Lipinski definition) is 0. The van der Waals surface area contributed by atoms with Crippen LogP contribution in [0.4, 0.5) is 4.79 Å². The molecule has 1 amide bonds. The maximum absolute atomic E-state index is 12.4. The first-order chi connectivity index (χ1) is 15.7. The number of hydrogen-bond acceptors (Lipinski definition) is 4. The molecule has 34 heavy (non-hydrogen) atoms. The summed E-state index contributed by atoms with van der Waals surface area (Å²) < 4.78 is 5.54. The van der Waals surface area contributed by atoms with Gasteiger partial charge in [-0.15, -0.1) is 0 Å². The Morgan fingerprint density at radius 3 is 2.18 bits per heavy atom. The summed E-state index contributed by atoms with van der Waals surface area (Å²) in [6.45, 7) is 22.3. The van der Waals surface area contributed by atoms with Gasteiger partial charge in [-0.2, -0.15) is 0 Å². The summed E-state index contributed by atoms with van der Waals surface area (Å²) in [5, 5.41) is 0. The first-order valence-corrected chi connectivity index (χ1v) is 12.8. The van der Waals surface area contributed by atoms with Gasteiger partial charge in [0.05, 0.1) is 11.9 Å². The minimum atomic E-state index is -0.466. The summed E-state index contributed by atoms with van der Waals surface area (Å²) in [6, 6.07) is 6.95. The van der Waals surface area contributed by atoms with Crippen LogP contribution in [0.1, 0.15) is 91.8 Å². The molecule has 2 aliphatic rings. The van der Waals surface area contributed by atoms with E-state index in [-0.39, 0.29) is 23.1 Å². The maximum atomic E-state index is 12.4. The molecule has 1 fully saturated rings. The number of nitrogens with zero attached hydrogens (tertiary/aromatic N) is 3. The predicted octanol–water partition coefficient (Wildman–Crippen LogP) is 6.30. The number of rotatable bonds is 4. The van der Waals surface area contributed by atoms with Gasteiger partial charge in [-0.25, -0.2) is 4.79 Å². The largest absolute Gasteiger partial charge is 0.444 e. The van der Waals surface area contributed by atoms with Gasteiger partial charge >= 0.3 is 6.09 Å². The molecule has 1 aliphatic carbocycles. The van der Waals surface area contributed by atoms with Crippen molar-refractivity contribution in [3.8, 4) is 0 Å². The van der Waals surface area contributed by atoms with Crippen LogP contribution in [-0.2, 0) is 15.6 Å². The lowest BCUT2D eigenvalue weighted by Crippen LogP contribution is -2.52. The molecule has 0 bridgehead atoms. The molecule has 0 aromatic heterocycles. The van der Waals surface area contributed by atoms with Crippen molar-refractivity contribution in [1.82, 2.24) is 9.80 Å². The van der Waals surface area contributed by atoms with E-state index in [1.807, 2.05) is 27.7 Å². The van der Waals surface area contributed by atoms with E-state index in [9.17, 15) is 4.79 Å². The monoisotopic (exact) mass is 467 g/mol. The molecule has 188 valence electrons. The molecule has 0 saturated carbocycles. The Kier molecular flexibility index (Phi) is 7.66. The van der Waals surface area contributed by atoms with Crippen molar-refractivity contribution in [2.75, 3.05) is 26.2 Å². The van der Waals surface area contributed by atoms with E-state index in [4.69, 9.17) is 9.73 Å². The maximum Gasteiger partial charge on any atom is 0.410 e. The zero-order valence-electron chi connectivity index (χ0n) is 22.9. The van der Waals surface area contributed by atoms with Gasteiger partial charge < -0.3 is 9.64 Å². The van der Waals surface area contributed by atoms with Crippen molar-refractivity contribution in [3.05, 3.63) is 47.0 Å². The first kappa shape index (κ1) is 26.5. The van der Waals surface area contributed by atoms with Gasteiger partial charge in [-0.3, -0.25) is 9.89 Å². The Morgan fingerprint density at radius 2 is 1.62 bits per heavy atom. The smallest absolute Gasteiger partial charge is 0.410 e. The molecule has 5 heteroatoms. The Balaban J connectivity index is 1.78. The van der Waals surface area contributed by atoms with Gasteiger partial charge in [0.15, 0.2) is 0 Å². The highest BCUT2D eigenvalue weighted by Crippen LogP contribution is 2.46. The third-order valence-corrected chi connectivity index (χ3v) is 7.29. The topological polar surface area (TPSA) is 45.1 Å². The van der Waals surface area contributed by atoms with Crippen LogP contribution in [0, 0.1) is 0 Å². The van der Waals surface area contributed by atoms with Gasteiger partial charge in [0.25, 0.3) is 0 Å². The Hall–Kier alpha value is -2.14. The SMILES string of the molecule is C/C=C\C(=N/C(C)N1CCN(C(=O)OC(C)(C)C)CC1)c1ccc2c(c1)C(C)(C)CCC2(C)C. The molecule has 1 aromatic rings. The fourth-order valence-electron chi connectivity index (χ4n) is 5.01. The van der Waals surface area contributed by atoms with Gasteiger partial charge in [0.1, 0.15) is 5.60 Å². The number of carbonyl (C=O) groups excluding carboxylic acids is 1. The van der Waals surface area contributed by atoms with Crippen LogP contribution in [0.25, 0.3) is 0 Å². The van der Waals surface area contributed by atoms with Gasteiger partial charge in [0.2, 0.25) is 0 Å². The van der Waals surface area contributed by atoms with E-state index in [1.54, 1.807) is 4.90 Å². The van der Waals surface area contributed by atoms with Crippen molar-refractivity contribution >= 4 is 11.8 Å². The number of benzene rings is 1. The Morgan fingerprint density at radius 1 is 1.03 bits per heavy atom. The van der Waals surface area contributed by atoms with E-state index < -0.39 is 5.60 Å². The molecule has 1 saturated heterocycles. The van der Waals surface area contributed by atoms with Crippen LogP contribution >= 0.6 is 0 Å². The summed E-state index contributed by atoms with van der Waals surface area (Å²) in [5.74, 6) is 0. The quantitative estimate of drug-likeness (QED) is 0.488. The normalized spacial score (nSPS) is 21.9. The average molecular weight is 468 g/mol. The molecule has 0 spiro atoms. The molecule has 3 rings (SSSR count). The molecule has 1 heterocycles. The molecule has 0 radical (unpaired) electrons. The standard InChI is InChI=1S/C29H45N3O2/c1-10-11-25(22-12-13-23-24(20-22)29(8,9)15-14-28(23,6)7)30-21(2)31-16-18-32(19-17-31)26(33)34-27(3,4)5/h10-13,20-21H,14-19H2,1-9H3/b11-10-,30-25+. The minimum absolute atomic E-state index is 0.0347. The van der Waals surface area contributed by atoms with Gasteiger partial charge in [0, 0.05) is 31.7 Å². The van der Waals surface area contributed by atoms with Crippen molar-refractivity contribution < 1.29 is 9.53 Å². The number of allylic oxidation sites excluding steroid dienone is 2. The highest BCUT2D eigenvalue weighted by atomic mass is 16.6. The van der Waals surface area contributed by atoms with E-state index >= 15 is 0 Å². The van der Waals surface area contributed by atoms with Gasteiger partial charge in [-0.1, -0.05) is 45.9 Å². The summed E-state index contributed by atoms with van der Waals surface area (Å²) in [4.78, 5) is 21.7. The number of ether oxygens (including phenoxy) is 1. The first-order valence-electron chi connectivity index (χ1n) is 12.8. The summed E-state index contributed by atoms with van der Waals surface area (Å²) in [5.41, 5.74) is 5.05. The number of carbonyl (C=O) groups is 1. The van der Waals surface area contributed by atoms with Crippen LogP contribution in [0.2, 0.25) is 0 Å². The molecule has 1 aliphatic heterocycles. The summed E-state index contributed by atoms with van der Waals surface area (Å²) in [7, 11) is 0. The number of amides is 1. The third-order valence-electron chi connectivity index (χ3n) is 7.29. The highest BCUT2D eigenvalue weighted by Gasteiger charge is 2.37. The van der Waals surface area contributed by atoms with Crippen LogP contribution in [0.15, 0.2) is 35.3 Å². The van der Waals surface area contributed by atoms with E-state index in [2.05, 4.69) is 69.9 Å². The minimum Gasteiger partial charge on any atom is -0.444 e. The molecular weight excluding hydrogens is 422 g/mol. The molecule has 5 nitrogen and oxygen atoms in total. The second-order valence-corrected chi connectivity index (χ2v) is 12.2. The number of aliphatic imine (C=N–C) groups is 1. The van der Waals surface area contributed by atoms with Crippen LogP contribution in [-0.4, -0.2) is 59.6 Å². The zero-order chi connectivity index (χ0) is 25.3. The number of fused-ring (bicyclic) bond motifs is 1. The fraction of sp³-hybridized carbons (Fsp3) is 0.655. The predicted molar refractivity (Wildman–Crippen MR) is 142 cm³/mol. The Labute approximate surface area is 207 Å². The van der Waals surface area contributed by atoms with Crippen LogP contribution in [0.3, 0.4) is 0 Å². The summed E-state index contributed by atoms with van der Waals surface area (Å²) >= 11 is 0. The van der Waals surface area contributed by atoms with E-state index in [0.717, 1.165) is 18.8 Å². The lowest BCUT2D eigenvalue weighted by atomic mass is 9.63. The van der Waals surface area contributed by atoms with Crippen LogP contribution < -0.4 is 0 Å². The molecule has 0 N–H and O–H groups in total. The summed E-state index contributed by atoms with van der Waals surface area (Å²) in [6.07, 6.45) is 6.42. The van der Waals surface area contributed by atoms with Crippen molar-refractivity contribution in [3.63, 3.8) is 0 Å². The molecule has 1 atom stereocenters. The second-order valence-electron chi connectivity index (χ2n) is 12.2. The lowest BCUT2D eigenvalue weighted by molar-refractivity contribution is 0.0115. The average Bonchev–Trinajstić information content (AvgIpc) is 2.75. The highest BCUT2D eigenvalue weighted by molar-refractivity contribution is 6.09. The molecule has 1 aromatic carbocycles.